The standard InChI is InChI=1S/C45H44FN7O5/c1-45(57,33-12-6-7-13-34(33)46)43(55)53-25-9-15-38(53)41-48-27-36(50-41)31-22-18-29(19-23-31)28-16-20-30(21-17-28)35-26-47-40(49-35)37-14-8-24-52(37)42(54)39(51-44(56)58-2)32-10-4-3-5-11-32/h3-7,10-13,16-23,26-27,37-39,57H,8-9,14-15,24-25H2,1-2H3,(H,47,49)(H,48,50)(H,51,56)/t37-,38-,39+,45-/m0/s1. The highest BCUT2D eigenvalue weighted by molar-refractivity contribution is 5.88. The number of nitrogens with zero attached hydrogens (tertiary/aromatic N) is 4. The molecule has 0 bridgehead atoms. The number of hydrogen-bond donors (Lipinski definition) is 4. The monoisotopic (exact) mass is 781 g/mol. The summed E-state index contributed by atoms with van der Waals surface area (Å²) < 4.78 is 19.4. The van der Waals surface area contributed by atoms with Crippen LogP contribution in [0.4, 0.5) is 9.18 Å². The van der Waals surface area contributed by atoms with E-state index in [1.54, 1.807) is 28.3 Å². The lowest BCUT2D eigenvalue weighted by Gasteiger charge is -2.31. The second-order valence-electron chi connectivity index (χ2n) is 14.9. The van der Waals surface area contributed by atoms with Crippen LogP contribution in [-0.4, -0.2) is 72.9 Å². The zero-order chi connectivity index (χ0) is 40.4. The lowest BCUT2D eigenvalue weighted by Crippen LogP contribution is -2.45. The third kappa shape index (κ3) is 7.48. The van der Waals surface area contributed by atoms with E-state index in [1.807, 2.05) is 66.7 Å². The van der Waals surface area contributed by atoms with E-state index in [0.717, 1.165) is 52.9 Å². The first kappa shape index (κ1) is 38.3. The third-order valence-electron chi connectivity index (χ3n) is 11.2. The minimum Gasteiger partial charge on any atom is -0.453 e. The molecule has 0 spiro atoms. The first-order valence-electron chi connectivity index (χ1n) is 19.4. The van der Waals surface area contributed by atoms with E-state index in [2.05, 4.69) is 37.4 Å². The Hall–Kier alpha value is -6.60. The number of alkyl carbamates (subject to hydrolysis) is 1. The van der Waals surface area contributed by atoms with Crippen LogP contribution in [0.1, 0.15) is 73.5 Å². The summed E-state index contributed by atoms with van der Waals surface area (Å²) in [6.07, 6.45) is 5.81. The molecule has 58 heavy (non-hydrogen) atoms. The fraction of sp³-hybridized carbons (Fsp3) is 0.267. The van der Waals surface area contributed by atoms with Gasteiger partial charge in [-0.3, -0.25) is 9.59 Å². The van der Waals surface area contributed by atoms with E-state index in [-0.39, 0.29) is 23.6 Å². The van der Waals surface area contributed by atoms with Gasteiger partial charge < -0.3 is 34.9 Å². The number of aromatic nitrogens is 4. The number of H-pyrrole nitrogens is 2. The van der Waals surface area contributed by atoms with Gasteiger partial charge in [0, 0.05) is 18.7 Å². The van der Waals surface area contributed by atoms with Gasteiger partial charge in [-0.05, 0) is 66.5 Å². The number of amides is 3. The second kappa shape index (κ2) is 16.1. The van der Waals surface area contributed by atoms with Crippen molar-refractivity contribution in [1.82, 2.24) is 35.1 Å². The average molecular weight is 782 g/mol. The number of ether oxygens (including phenoxy) is 1. The van der Waals surface area contributed by atoms with E-state index >= 15 is 0 Å². The molecule has 2 aliphatic heterocycles. The Kier molecular flexibility index (Phi) is 10.6. The predicted octanol–water partition coefficient (Wildman–Crippen LogP) is 7.60. The number of methoxy groups -OCH3 is 1. The van der Waals surface area contributed by atoms with Crippen LogP contribution in [-0.2, 0) is 19.9 Å². The normalized spacial score (nSPS) is 18.1. The van der Waals surface area contributed by atoms with E-state index < -0.39 is 29.5 Å². The van der Waals surface area contributed by atoms with Gasteiger partial charge in [0.25, 0.3) is 11.8 Å². The number of likely N-dealkylation sites (tertiary alicyclic amines) is 2. The summed E-state index contributed by atoms with van der Waals surface area (Å²) in [4.78, 5) is 59.2. The molecule has 4 N–H and O–H groups in total. The molecule has 6 aromatic rings. The topological polar surface area (TPSA) is 157 Å². The lowest BCUT2D eigenvalue weighted by molar-refractivity contribution is -0.152. The van der Waals surface area contributed by atoms with Crippen molar-refractivity contribution in [2.75, 3.05) is 20.2 Å². The highest BCUT2D eigenvalue weighted by atomic mass is 19.1. The molecule has 0 unspecified atom stereocenters. The van der Waals surface area contributed by atoms with Crippen molar-refractivity contribution in [1.29, 1.82) is 0 Å². The third-order valence-corrected chi connectivity index (χ3v) is 11.2. The maximum atomic E-state index is 14.6. The van der Waals surface area contributed by atoms with Crippen molar-refractivity contribution >= 4 is 17.9 Å². The van der Waals surface area contributed by atoms with Gasteiger partial charge in [0.2, 0.25) is 0 Å². The first-order valence-corrected chi connectivity index (χ1v) is 19.4. The molecule has 2 saturated heterocycles. The van der Waals surface area contributed by atoms with Crippen LogP contribution in [0.3, 0.4) is 0 Å². The van der Waals surface area contributed by atoms with Crippen molar-refractivity contribution < 1.29 is 28.6 Å². The summed E-state index contributed by atoms with van der Waals surface area (Å²) in [7, 11) is 1.27. The number of nitrogens with one attached hydrogen (secondary N) is 3. The van der Waals surface area contributed by atoms with Gasteiger partial charge in [-0.25, -0.2) is 19.2 Å². The van der Waals surface area contributed by atoms with Crippen LogP contribution in [0.5, 0.6) is 0 Å². The highest BCUT2D eigenvalue weighted by Gasteiger charge is 2.43. The number of carbonyl (C=O) groups excluding carboxylic acids is 3. The molecule has 2 aromatic heterocycles. The lowest BCUT2D eigenvalue weighted by atomic mass is 9.93. The van der Waals surface area contributed by atoms with E-state index in [1.165, 1.54) is 32.2 Å². The maximum absolute atomic E-state index is 14.6. The molecule has 296 valence electrons. The minimum atomic E-state index is -2.02. The Morgan fingerprint density at radius 1 is 0.759 bits per heavy atom. The van der Waals surface area contributed by atoms with Crippen molar-refractivity contribution in [3.8, 4) is 33.6 Å². The van der Waals surface area contributed by atoms with Crippen molar-refractivity contribution in [2.45, 2.75) is 56.3 Å². The molecule has 8 rings (SSSR count). The molecular weight excluding hydrogens is 738 g/mol. The maximum Gasteiger partial charge on any atom is 0.407 e. The summed E-state index contributed by atoms with van der Waals surface area (Å²) >= 11 is 0. The zero-order valence-corrected chi connectivity index (χ0v) is 32.2. The number of imidazole rings is 2. The first-order chi connectivity index (χ1) is 28.1. The molecule has 13 heteroatoms. The number of aliphatic hydroxyl groups is 1. The molecule has 2 fully saturated rings. The van der Waals surface area contributed by atoms with Crippen molar-refractivity contribution in [3.63, 3.8) is 0 Å². The molecule has 12 nitrogen and oxygen atoms in total. The van der Waals surface area contributed by atoms with E-state index in [9.17, 15) is 23.9 Å². The Balaban J connectivity index is 0.930. The predicted molar refractivity (Wildman–Crippen MR) is 215 cm³/mol. The Morgan fingerprint density at radius 3 is 1.81 bits per heavy atom. The number of halogens is 1. The van der Waals surface area contributed by atoms with Gasteiger partial charge >= 0.3 is 6.09 Å². The average Bonchev–Trinajstić information content (AvgIpc) is 4.10. The molecule has 3 amide bonds. The van der Waals surface area contributed by atoms with Crippen LogP contribution in [0.25, 0.3) is 33.6 Å². The van der Waals surface area contributed by atoms with Crippen LogP contribution in [0, 0.1) is 5.82 Å². The molecular formula is C45H44FN7O5. The van der Waals surface area contributed by atoms with Gasteiger partial charge in [-0.2, -0.15) is 0 Å². The molecule has 2 aliphatic rings. The van der Waals surface area contributed by atoms with Crippen molar-refractivity contribution in [2.24, 2.45) is 0 Å². The quantitative estimate of drug-likeness (QED) is 0.112. The van der Waals surface area contributed by atoms with Gasteiger partial charge in [0.15, 0.2) is 5.60 Å². The smallest absolute Gasteiger partial charge is 0.407 e. The SMILES string of the molecule is COC(=O)N[C@@H](C(=O)N1CCC[C@H]1c1ncc(-c2ccc(-c3ccc(-c4cnc([C@@H]5CCCN5C(=O)[C@@](C)(O)c5ccccc5F)[nH]4)cc3)cc2)[nH]1)c1ccccc1. The second-order valence-corrected chi connectivity index (χ2v) is 14.9. The fourth-order valence-electron chi connectivity index (χ4n) is 8.13. The Labute approximate surface area is 335 Å². The molecule has 0 saturated carbocycles. The number of hydrogen-bond acceptors (Lipinski definition) is 7. The highest BCUT2D eigenvalue weighted by Crippen LogP contribution is 2.37. The summed E-state index contributed by atoms with van der Waals surface area (Å²) in [6.45, 7) is 2.32. The molecule has 0 aliphatic carbocycles. The van der Waals surface area contributed by atoms with Gasteiger partial charge in [0.05, 0.1) is 43.0 Å². The van der Waals surface area contributed by atoms with Gasteiger partial charge in [-0.1, -0.05) is 97.1 Å². The zero-order valence-electron chi connectivity index (χ0n) is 32.2. The summed E-state index contributed by atoms with van der Waals surface area (Å²) in [5.41, 5.74) is 4.16. The molecule has 0 radical (unpaired) electrons. The summed E-state index contributed by atoms with van der Waals surface area (Å²) in [5, 5.41) is 13.9. The molecule has 4 heterocycles. The summed E-state index contributed by atoms with van der Waals surface area (Å²) in [5.74, 6) is -0.102. The van der Waals surface area contributed by atoms with Crippen LogP contribution < -0.4 is 5.32 Å². The molecule has 4 atom stereocenters. The fourth-order valence-corrected chi connectivity index (χ4v) is 8.13. The van der Waals surface area contributed by atoms with Crippen LogP contribution >= 0.6 is 0 Å². The minimum absolute atomic E-state index is 0.0531. The summed E-state index contributed by atoms with van der Waals surface area (Å²) in [6, 6.07) is 29.7. The van der Waals surface area contributed by atoms with E-state index in [4.69, 9.17) is 4.74 Å². The van der Waals surface area contributed by atoms with Gasteiger partial charge in [0.1, 0.15) is 23.5 Å². The number of aromatic amines is 2. The molecule has 4 aromatic carbocycles. The number of benzene rings is 4. The number of rotatable bonds is 10. The number of carbonyl (C=O) groups is 3. The van der Waals surface area contributed by atoms with Gasteiger partial charge in [-0.15, -0.1) is 0 Å². The van der Waals surface area contributed by atoms with Crippen LogP contribution in [0.2, 0.25) is 0 Å². The largest absolute Gasteiger partial charge is 0.453 e. The van der Waals surface area contributed by atoms with Crippen molar-refractivity contribution in [3.05, 3.63) is 144 Å². The Bertz CT molecular complexity index is 2410. The Morgan fingerprint density at radius 2 is 1.26 bits per heavy atom. The van der Waals surface area contributed by atoms with Crippen LogP contribution in [0.15, 0.2) is 116 Å². The van der Waals surface area contributed by atoms with E-state index in [0.29, 0.717) is 36.7 Å².